The number of nitrogens with zero attached hydrogens (tertiary/aromatic N) is 2. The van der Waals surface area contributed by atoms with Crippen LogP contribution in [0.2, 0.25) is 15.1 Å². The lowest BCUT2D eigenvalue weighted by Crippen LogP contribution is -2.13. The fourth-order valence-electron chi connectivity index (χ4n) is 2.30. The summed E-state index contributed by atoms with van der Waals surface area (Å²) in [5.41, 5.74) is 2.54. The molecule has 0 aliphatic rings. The number of anilines is 1. The third-order valence-corrected chi connectivity index (χ3v) is 6.18. The van der Waals surface area contributed by atoms with E-state index < -0.39 is 10.0 Å². The van der Waals surface area contributed by atoms with Gasteiger partial charge in [-0.3, -0.25) is 9.40 Å². The normalized spacial score (nSPS) is 11.5. The fourth-order valence-corrected chi connectivity index (χ4v) is 4.33. The molecule has 1 aromatic heterocycles. The largest absolute Gasteiger partial charge is 0.276 e. The summed E-state index contributed by atoms with van der Waals surface area (Å²) in [4.78, 5) is -0.153. The molecule has 1 N–H and O–H groups in total. The highest BCUT2D eigenvalue weighted by molar-refractivity contribution is 7.92. The number of aryl methyl sites for hydroxylation is 1. The summed E-state index contributed by atoms with van der Waals surface area (Å²) >= 11 is 17.7. The Morgan fingerprint density at radius 1 is 1.04 bits per heavy atom. The lowest BCUT2D eigenvalue weighted by atomic mass is 10.1. The number of hydrogen-bond donors (Lipinski definition) is 1. The van der Waals surface area contributed by atoms with Gasteiger partial charge < -0.3 is 0 Å². The molecule has 0 fully saturated rings. The summed E-state index contributed by atoms with van der Waals surface area (Å²) < 4.78 is 29.2. The van der Waals surface area contributed by atoms with Crippen molar-refractivity contribution in [3.63, 3.8) is 0 Å². The van der Waals surface area contributed by atoms with Crippen molar-refractivity contribution in [2.45, 2.75) is 18.4 Å². The molecule has 0 aliphatic carbocycles. The summed E-state index contributed by atoms with van der Waals surface area (Å²) in [5, 5.41) is 4.45. The SMILES string of the molecule is Cc1ccc(Cn2cc(NS(=O)(=O)c3cc(Cl)c(Cl)cc3Cl)cn2)cc1. The number of hydrogen-bond acceptors (Lipinski definition) is 3. The quantitative estimate of drug-likeness (QED) is 0.579. The molecule has 3 rings (SSSR count). The number of rotatable bonds is 5. The molecule has 0 bridgehead atoms. The van der Waals surface area contributed by atoms with E-state index in [9.17, 15) is 8.42 Å². The van der Waals surface area contributed by atoms with Gasteiger partial charge in [0.1, 0.15) is 4.90 Å². The molecule has 0 aliphatic heterocycles. The average molecular weight is 431 g/mol. The summed E-state index contributed by atoms with van der Waals surface area (Å²) in [6, 6.07) is 10.5. The summed E-state index contributed by atoms with van der Waals surface area (Å²) in [6.45, 7) is 2.54. The van der Waals surface area contributed by atoms with Crippen LogP contribution in [0, 0.1) is 6.92 Å². The van der Waals surface area contributed by atoms with Crippen LogP contribution in [-0.4, -0.2) is 18.2 Å². The summed E-state index contributed by atoms with van der Waals surface area (Å²) in [7, 11) is -3.93. The van der Waals surface area contributed by atoms with Gasteiger partial charge in [-0.05, 0) is 24.6 Å². The van der Waals surface area contributed by atoms with Gasteiger partial charge in [-0.25, -0.2) is 8.42 Å². The topological polar surface area (TPSA) is 64.0 Å². The van der Waals surface area contributed by atoms with E-state index in [0.29, 0.717) is 12.2 Å². The van der Waals surface area contributed by atoms with Crippen molar-refractivity contribution in [1.29, 1.82) is 0 Å². The van der Waals surface area contributed by atoms with Crippen molar-refractivity contribution in [2.75, 3.05) is 4.72 Å². The Kier molecular flexibility index (Phi) is 5.48. The maximum atomic E-state index is 12.6. The van der Waals surface area contributed by atoms with E-state index in [4.69, 9.17) is 34.8 Å². The fraction of sp³-hybridized carbons (Fsp3) is 0.118. The van der Waals surface area contributed by atoms with E-state index in [1.807, 2.05) is 31.2 Å². The summed E-state index contributed by atoms with van der Waals surface area (Å²) in [5.74, 6) is 0. The maximum absolute atomic E-state index is 12.6. The molecule has 0 saturated heterocycles. The molecule has 136 valence electrons. The van der Waals surface area contributed by atoms with Gasteiger partial charge in [0, 0.05) is 6.20 Å². The van der Waals surface area contributed by atoms with Gasteiger partial charge in [0.05, 0.1) is 33.5 Å². The van der Waals surface area contributed by atoms with Crippen molar-refractivity contribution >= 4 is 50.5 Å². The van der Waals surface area contributed by atoms with Crippen LogP contribution in [0.15, 0.2) is 53.7 Å². The first kappa shape index (κ1) is 19.0. The Labute approximate surface area is 166 Å². The number of nitrogens with one attached hydrogen (secondary N) is 1. The third-order valence-electron chi connectivity index (χ3n) is 3.61. The van der Waals surface area contributed by atoms with Gasteiger partial charge >= 0.3 is 0 Å². The second kappa shape index (κ2) is 7.48. The molecule has 0 amide bonds. The molecule has 26 heavy (non-hydrogen) atoms. The predicted octanol–water partition coefficient (Wildman–Crippen LogP) is 5.00. The van der Waals surface area contributed by atoms with Gasteiger partial charge in [0.25, 0.3) is 10.0 Å². The van der Waals surface area contributed by atoms with E-state index in [1.165, 1.54) is 23.9 Å². The van der Waals surface area contributed by atoms with E-state index in [0.717, 1.165) is 5.56 Å². The third kappa shape index (κ3) is 4.32. The van der Waals surface area contributed by atoms with Crippen molar-refractivity contribution < 1.29 is 8.42 Å². The first-order valence-electron chi connectivity index (χ1n) is 7.50. The highest BCUT2D eigenvalue weighted by Crippen LogP contribution is 2.32. The van der Waals surface area contributed by atoms with Crippen LogP contribution in [0.3, 0.4) is 0 Å². The zero-order valence-electron chi connectivity index (χ0n) is 13.6. The average Bonchev–Trinajstić information content (AvgIpc) is 2.99. The number of halogens is 3. The molecule has 1 heterocycles. The molecule has 9 heteroatoms. The van der Waals surface area contributed by atoms with Gasteiger partial charge in [-0.15, -0.1) is 0 Å². The van der Waals surface area contributed by atoms with Crippen molar-refractivity contribution in [3.05, 3.63) is 75.0 Å². The van der Waals surface area contributed by atoms with E-state index in [-0.39, 0.29) is 20.0 Å². The van der Waals surface area contributed by atoms with Crippen LogP contribution < -0.4 is 4.72 Å². The molecular formula is C17H14Cl3N3O2S. The van der Waals surface area contributed by atoms with Crippen LogP contribution in [0.5, 0.6) is 0 Å². The predicted molar refractivity (Wildman–Crippen MR) is 105 cm³/mol. The lowest BCUT2D eigenvalue weighted by Gasteiger charge is -2.09. The molecular weight excluding hydrogens is 417 g/mol. The first-order chi connectivity index (χ1) is 12.2. The Hall–Kier alpha value is -1.73. The minimum Gasteiger partial charge on any atom is -0.276 e. The molecule has 0 atom stereocenters. The molecule has 2 aromatic carbocycles. The number of sulfonamides is 1. The van der Waals surface area contributed by atoms with Crippen molar-refractivity contribution in [1.82, 2.24) is 9.78 Å². The molecule has 3 aromatic rings. The van der Waals surface area contributed by atoms with Crippen LogP contribution in [0.4, 0.5) is 5.69 Å². The molecule has 5 nitrogen and oxygen atoms in total. The second-order valence-corrected chi connectivity index (χ2v) is 8.59. The molecule has 0 spiro atoms. The number of benzene rings is 2. The maximum Gasteiger partial charge on any atom is 0.263 e. The highest BCUT2D eigenvalue weighted by Gasteiger charge is 2.20. The number of aromatic nitrogens is 2. The van der Waals surface area contributed by atoms with Crippen LogP contribution >= 0.6 is 34.8 Å². The smallest absolute Gasteiger partial charge is 0.263 e. The second-order valence-electron chi connectivity index (χ2n) is 5.71. The minimum absolute atomic E-state index is 0.0149. The molecule has 0 saturated carbocycles. The van der Waals surface area contributed by atoms with Crippen LogP contribution in [-0.2, 0) is 16.6 Å². The van der Waals surface area contributed by atoms with Crippen molar-refractivity contribution in [2.24, 2.45) is 0 Å². The van der Waals surface area contributed by atoms with Crippen molar-refractivity contribution in [3.8, 4) is 0 Å². The Balaban J connectivity index is 1.80. The van der Waals surface area contributed by atoms with Gasteiger partial charge in [0.15, 0.2) is 0 Å². The van der Waals surface area contributed by atoms with Gasteiger partial charge in [-0.1, -0.05) is 64.6 Å². The summed E-state index contributed by atoms with van der Waals surface area (Å²) in [6.07, 6.45) is 3.03. The molecule has 0 unspecified atom stereocenters. The Morgan fingerprint density at radius 2 is 1.69 bits per heavy atom. The van der Waals surface area contributed by atoms with E-state index in [1.54, 1.807) is 10.9 Å². The first-order valence-corrected chi connectivity index (χ1v) is 10.1. The highest BCUT2D eigenvalue weighted by atomic mass is 35.5. The Morgan fingerprint density at radius 3 is 2.38 bits per heavy atom. The zero-order valence-corrected chi connectivity index (χ0v) is 16.7. The minimum atomic E-state index is -3.93. The molecule has 0 radical (unpaired) electrons. The standard InChI is InChI=1S/C17H14Cl3N3O2S/c1-11-2-4-12(5-3-11)9-23-10-13(8-21-23)22-26(24,25)17-7-15(19)14(18)6-16(17)20/h2-8,10,22H,9H2,1H3. The monoisotopic (exact) mass is 429 g/mol. The van der Waals surface area contributed by atoms with Crippen LogP contribution in [0.25, 0.3) is 0 Å². The zero-order chi connectivity index (χ0) is 18.9. The van der Waals surface area contributed by atoms with Gasteiger partial charge in [-0.2, -0.15) is 5.10 Å². The van der Waals surface area contributed by atoms with E-state index >= 15 is 0 Å². The van der Waals surface area contributed by atoms with Crippen LogP contribution in [0.1, 0.15) is 11.1 Å². The van der Waals surface area contributed by atoms with E-state index in [2.05, 4.69) is 9.82 Å². The Bertz CT molecular complexity index is 1050. The van der Waals surface area contributed by atoms with Gasteiger partial charge in [0.2, 0.25) is 0 Å². The lowest BCUT2D eigenvalue weighted by molar-refractivity contribution is 0.601.